The van der Waals surface area contributed by atoms with E-state index in [4.69, 9.17) is 4.74 Å². The van der Waals surface area contributed by atoms with Crippen LogP contribution in [0.3, 0.4) is 0 Å². The van der Waals surface area contributed by atoms with Gasteiger partial charge in [0.15, 0.2) is 11.6 Å². The van der Waals surface area contributed by atoms with Crippen molar-refractivity contribution in [2.75, 3.05) is 18.9 Å². The van der Waals surface area contributed by atoms with Gasteiger partial charge in [-0.15, -0.1) is 0 Å². The first-order chi connectivity index (χ1) is 13.3. The first kappa shape index (κ1) is 25.6. The Morgan fingerprint density at radius 3 is 2.45 bits per heavy atom. The summed E-state index contributed by atoms with van der Waals surface area (Å²) >= 11 is 0. The average Bonchev–Trinajstić information content (AvgIpc) is 2.62. The predicted octanol–water partition coefficient (Wildman–Crippen LogP) is 4.37. The third kappa shape index (κ3) is 9.28. The lowest BCUT2D eigenvalue weighted by Gasteiger charge is -2.28. The molecule has 0 unspecified atom stereocenters. The molecule has 1 atom stereocenters. The molecule has 2 N–H and O–H groups in total. The lowest BCUT2D eigenvalue weighted by Crippen LogP contribution is -2.41. The number of allylic oxidation sites excluding steroid dienone is 1. The monoisotopic (exact) mass is 429 g/mol. The van der Waals surface area contributed by atoms with Gasteiger partial charge in [0.05, 0.1) is 12.4 Å². The zero-order valence-corrected chi connectivity index (χ0v) is 19.3. The van der Waals surface area contributed by atoms with Crippen LogP contribution in [0, 0.1) is 17.2 Å². The van der Waals surface area contributed by atoms with Gasteiger partial charge >= 0.3 is 0 Å². The maximum Gasteiger partial charge on any atom is 0.215 e. The largest absolute Gasteiger partial charge is 0.490 e. The van der Waals surface area contributed by atoms with Gasteiger partial charge in [-0.25, -0.2) is 17.5 Å². The van der Waals surface area contributed by atoms with Crippen molar-refractivity contribution in [3.8, 4) is 5.75 Å². The second-order valence-corrected chi connectivity index (χ2v) is 10.9. The van der Waals surface area contributed by atoms with Crippen LogP contribution in [-0.2, 0) is 15.6 Å². The molecule has 0 heterocycles. The summed E-state index contributed by atoms with van der Waals surface area (Å²) in [7, 11) is -3.59. The SMILES string of the molecule is CC[C@@](O)(CNS(=O)(=O)C/C=C/CC(C)(C)C)c1ccc(F)c(OCC(C)C)c1. The number of hydrogen-bond acceptors (Lipinski definition) is 4. The fourth-order valence-electron chi connectivity index (χ4n) is 2.51. The normalized spacial score (nSPS) is 15.1. The fourth-order valence-corrected chi connectivity index (χ4v) is 3.48. The molecular weight excluding hydrogens is 393 g/mol. The second kappa shape index (κ2) is 10.5. The molecule has 0 saturated heterocycles. The number of rotatable bonds is 11. The summed E-state index contributed by atoms with van der Waals surface area (Å²) in [5, 5.41) is 11.0. The second-order valence-electron chi connectivity index (χ2n) is 9.07. The molecule has 0 aliphatic carbocycles. The summed E-state index contributed by atoms with van der Waals surface area (Å²) in [6.45, 7) is 12.0. The van der Waals surface area contributed by atoms with Gasteiger partial charge in [0.1, 0.15) is 5.60 Å². The Morgan fingerprint density at radius 2 is 1.90 bits per heavy atom. The Kier molecular flexibility index (Phi) is 9.31. The highest BCUT2D eigenvalue weighted by Crippen LogP contribution is 2.29. The molecule has 1 aromatic carbocycles. The molecule has 0 amide bonds. The van der Waals surface area contributed by atoms with Gasteiger partial charge in [0.25, 0.3) is 0 Å². The minimum Gasteiger partial charge on any atom is -0.490 e. The summed E-state index contributed by atoms with van der Waals surface area (Å²) in [5.74, 6) is -0.399. The van der Waals surface area contributed by atoms with Crippen molar-refractivity contribution in [2.24, 2.45) is 11.3 Å². The van der Waals surface area contributed by atoms with Crippen molar-refractivity contribution >= 4 is 10.0 Å². The Hall–Kier alpha value is -1.44. The summed E-state index contributed by atoms with van der Waals surface area (Å²) in [4.78, 5) is 0. The lowest BCUT2D eigenvalue weighted by atomic mass is 9.91. The zero-order chi connectivity index (χ0) is 22.3. The van der Waals surface area contributed by atoms with Crippen LogP contribution >= 0.6 is 0 Å². The van der Waals surface area contributed by atoms with Crippen LogP contribution in [-0.4, -0.2) is 32.4 Å². The van der Waals surface area contributed by atoms with Gasteiger partial charge in [-0.1, -0.05) is 59.8 Å². The third-order valence-electron chi connectivity index (χ3n) is 4.42. The molecule has 1 rings (SSSR count). The van der Waals surface area contributed by atoms with E-state index in [1.807, 2.05) is 19.9 Å². The Bertz CT molecular complexity index is 784. The highest BCUT2D eigenvalue weighted by Gasteiger charge is 2.30. The standard InChI is InChI=1S/C22H36FNO4S/c1-7-22(25,16-24-29(26,27)13-9-8-12-21(4,5)6)18-10-11-19(23)20(14-18)28-15-17(2)3/h8-11,14,17,24-25H,7,12-13,15-16H2,1-6H3/b9-8+/t22-/m1/s1. The Balaban J connectivity index is 2.86. The molecule has 166 valence electrons. The quantitative estimate of drug-likeness (QED) is 0.512. The lowest BCUT2D eigenvalue weighted by molar-refractivity contribution is 0.0376. The van der Waals surface area contributed by atoms with Gasteiger partial charge in [0, 0.05) is 6.54 Å². The van der Waals surface area contributed by atoms with E-state index in [1.54, 1.807) is 13.0 Å². The van der Waals surface area contributed by atoms with Crippen LogP contribution in [0.1, 0.15) is 59.9 Å². The van der Waals surface area contributed by atoms with Gasteiger partial charge in [-0.2, -0.15) is 0 Å². The van der Waals surface area contributed by atoms with Crippen LogP contribution in [0.25, 0.3) is 0 Å². The van der Waals surface area contributed by atoms with E-state index in [2.05, 4.69) is 25.5 Å². The number of aliphatic hydroxyl groups is 1. The number of benzene rings is 1. The molecule has 0 aliphatic rings. The van der Waals surface area contributed by atoms with E-state index in [-0.39, 0.29) is 35.8 Å². The van der Waals surface area contributed by atoms with Crippen molar-refractivity contribution in [1.29, 1.82) is 0 Å². The molecule has 7 heteroatoms. The minimum absolute atomic E-state index is 0.0519. The van der Waals surface area contributed by atoms with E-state index >= 15 is 0 Å². The predicted molar refractivity (Wildman–Crippen MR) is 116 cm³/mol. The highest BCUT2D eigenvalue weighted by atomic mass is 32.2. The number of sulfonamides is 1. The summed E-state index contributed by atoms with van der Waals surface area (Å²) in [6, 6.07) is 4.13. The Morgan fingerprint density at radius 1 is 1.24 bits per heavy atom. The molecule has 0 radical (unpaired) electrons. The highest BCUT2D eigenvalue weighted by molar-refractivity contribution is 7.89. The van der Waals surface area contributed by atoms with Crippen molar-refractivity contribution in [3.63, 3.8) is 0 Å². The third-order valence-corrected chi connectivity index (χ3v) is 5.64. The van der Waals surface area contributed by atoms with Crippen molar-refractivity contribution < 1.29 is 22.7 Å². The van der Waals surface area contributed by atoms with E-state index in [0.717, 1.165) is 6.42 Å². The summed E-state index contributed by atoms with van der Waals surface area (Å²) in [6.07, 6.45) is 4.50. The fraction of sp³-hybridized carbons (Fsp3) is 0.636. The van der Waals surface area contributed by atoms with Gasteiger partial charge in [-0.3, -0.25) is 0 Å². The number of ether oxygens (including phenoxy) is 1. The van der Waals surface area contributed by atoms with Gasteiger partial charge in [0.2, 0.25) is 10.0 Å². The maximum absolute atomic E-state index is 14.0. The summed E-state index contributed by atoms with van der Waals surface area (Å²) < 4.78 is 46.5. The van der Waals surface area contributed by atoms with Gasteiger partial charge in [-0.05, 0) is 41.9 Å². The molecule has 0 spiro atoms. The molecule has 0 fully saturated rings. The minimum atomic E-state index is -3.59. The maximum atomic E-state index is 14.0. The van der Waals surface area contributed by atoms with E-state index in [0.29, 0.717) is 12.2 Å². The molecule has 0 aromatic heterocycles. The first-order valence-corrected chi connectivity index (χ1v) is 11.7. The topological polar surface area (TPSA) is 75.6 Å². The number of halogens is 1. The van der Waals surface area contributed by atoms with E-state index in [1.165, 1.54) is 18.2 Å². The number of hydrogen-bond donors (Lipinski definition) is 2. The molecule has 0 aliphatic heterocycles. The van der Waals surface area contributed by atoms with Crippen LogP contribution in [0.15, 0.2) is 30.4 Å². The van der Waals surface area contributed by atoms with Crippen molar-refractivity contribution in [1.82, 2.24) is 4.72 Å². The van der Waals surface area contributed by atoms with E-state index in [9.17, 15) is 17.9 Å². The van der Waals surface area contributed by atoms with Crippen LogP contribution in [0.4, 0.5) is 4.39 Å². The average molecular weight is 430 g/mol. The van der Waals surface area contributed by atoms with Crippen LogP contribution in [0.5, 0.6) is 5.75 Å². The Labute approximate surface area is 175 Å². The molecule has 29 heavy (non-hydrogen) atoms. The molecule has 0 bridgehead atoms. The molecule has 0 saturated carbocycles. The smallest absolute Gasteiger partial charge is 0.215 e. The zero-order valence-electron chi connectivity index (χ0n) is 18.5. The summed E-state index contributed by atoms with van der Waals surface area (Å²) in [5.41, 5.74) is -0.967. The van der Waals surface area contributed by atoms with Gasteiger partial charge < -0.3 is 9.84 Å². The molecule has 5 nitrogen and oxygen atoms in total. The molecular formula is C22H36FNO4S. The van der Waals surface area contributed by atoms with Crippen LogP contribution in [0.2, 0.25) is 0 Å². The number of nitrogens with one attached hydrogen (secondary N) is 1. The van der Waals surface area contributed by atoms with Crippen LogP contribution < -0.4 is 9.46 Å². The van der Waals surface area contributed by atoms with Crippen molar-refractivity contribution in [3.05, 3.63) is 41.7 Å². The molecule has 1 aromatic rings. The van der Waals surface area contributed by atoms with Crippen molar-refractivity contribution in [2.45, 2.75) is 60.0 Å². The van der Waals surface area contributed by atoms with E-state index < -0.39 is 21.4 Å². The first-order valence-electron chi connectivity index (χ1n) is 10.1.